The number of para-hydroxylation sites is 1. The number of benzene rings is 1. The first-order valence-corrected chi connectivity index (χ1v) is 7.72. The lowest BCUT2D eigenvalue weighted by atomic mass is 10.1. The molecule has 1 aromatic carbocycles. The summed E-state index contributed by atoms with van der Waals surface area (Å²) in [6, 6.07) is 5.80. The Morgan fingerprint density at radius 3 is 2.04 bits per heavy atom. The molecule has 24 heavy (non-hydrogen) atoms. The van der Waals surface area contributed by atoms with E-state index in [1.807, 2.05) is 32.0 Å². The normalized spacial score (nSPS) is 10.4. The molecule has 0 fully saturated rings. The van der Waals surface area contributed by atoms with Crippen molar-refractivity contribution in [1.29, 1.82) is 0 Å². The van der Waals surface area contributed by atoms with Crippen LogP contribution in [0.25, 0.3) is 0 Å². The Morgan fingerprint density at radius 1 is 0.958 bits per heavy atom. The Balaban J connectivity index is 2.44. The lowest BCUT2D eigenvalue weighted by Gasteiger charge is -2.18. The van der Waals surface area contributed by atoms with E-state index in [-0.39, 0.29) is 37.4 Å². The van der Waals surface area contributed by atoms with Gasteiger partial charge in [-0.1, -0.05) is 18.2 Å². The molecule has 0 saturated carbocycles. The smallest absolute Gasteiger partial charge is 0.241 e. The molecule has 0 bridgehead atoms. The summed E-state index contributed by atoms with van der Waals surface area (Å²) in [5.41, 5.74) is 2.79. The van der Waals surface area contributed by atoms with Gasteiger partial charge in [0.2, 0.25) is 17.7 Å². The molecular weight excluding hydrogens is 308 g/mol. The molecular formula is C17H26N4O3. The second kappa shape index (κ2) is 9.02. The average molecular weight is 334 g/mol. The van der Waals surface area contributed by atoms with Crippen LogP contribution >= 0.6 is 0 Å². The topological polar surface area (TPSA) is 81.8 Å². The zero-order valence-electron chi connectivity index (χ0n) is 15.0. The zero-order valence-corrected chi connectivity index (χ0v) is 15.0. The van der Waals surface area contributed by atoms with Crippen LogP contribution in [0.1, 0.15) is 11.1 Å². The van der Waals surface area contributed by atoms with Crippen molar-refractivity contribution >= 4 is 23.4 Å². The van der Waals surface area contributed by atoms with Crippen molar-refractivity contribution in [2.75, 3.05) is 46.1 Å². The molecule has 132 valence electrons. The number of carbonyl (C=O) groups excluding carboxylic acids is 3. The molecule has 0 aromatic heterocycles. The third-order valence-electron chi connectivity index (χ3n) is 3.51. The van der Waals surface area contributed by atoms with Crippen molar-refractivity contribution in [2.45, 2.75) is 13.8 Å². The van der Waals surface area contributed by atoms with Gasteiger partial charge in [-0.3, -0.25) is 19.3 Å². The van der Waals surface area contributed by atoms with Gasteiger partial charge >= 0.3 is 0 Å². The van der Waals surface area contributed by atoms with Gasteiger partial charge < -0.3 is 15.5 Å². The van der Waals surface area contributed by atoms with Gasteiger partial charge in [0.15, 0.2) is 0 Å². The van der Waals surface area contributed by atoms with Gasteiger partial charge in [0.25, 0.3) is 0 Å². The summed E-state index contributed by atoms with van der Waals surface area (Å²) < 4.78 is 0. The van der Waals surface area contributed by atoms with Gasteiger partial charge in [0.1, 0.15) is 0 Å². The third-order valence-corrected chi connectivity index (χ3v) is 3.51. The zero-order chi connectivity index (χ0) is 18.3. The van der Waals surface area contributed by atoms with Crippen LogP contribution in [0.5, 0.6) is 0 Å². The van der Waals surface area contributed by atoms with Crippen molar-refractivity contribution in [2.24, 2.45) is 0 Å². The molecule has 0 aliphatic rings. The highest BCUT2D eigenvalue weighted by atomic mass is 16.2. The maximum Gasteiger partial charge on any atom is 0.241 e. The first kappa shape index (κ1) is 19.6. The Labute approximate surface area is 143 Å². The van der Waals surface area contributed by atoms with Crippen molar-refractivity contribution in [1.82, 2.24) is 15.1 Å². The van der Waals surface area contributed by atoms with Crippen molar-refractivity contribution < 1.29 is 14.4 Å². The number of carbonyl (C=O) groups is 3. The quantitative estimate of drug-likeness (QED) is 0.755. The summed E-state index contributed by atoms with van der Waals surface area (Å²) in [6.07, 6.45) is 0. The molecule has 0 unspecified atom stereocenters. The molecule has 1 rings (SSSR count). The molecule has 0 heterocycles. The van der Waals surface area contributed by atoms with E-state index < -0.39 is 0 Å². The van der Waals surface area contributed by atoms with Crippen LogP contribution in [-0.2, 0) is 14.4 Å². The number of rotatable bonds is 7. The van der Waals surface area contributed by atoms with Gasteiger partial charge in [-0.2, -0.15) is 0 Å². The van der Waals surface area contributed by atoms with Crippen molar-refractivity contribution in [3.05, 3.63) is 29.3 Å². The van der Waals surface area contributed by atoms with E-state index >= 15 is 0 Å². The molecule has 0 saturated heterocycles. The second-order valence-corrected chi connectivity index (χ2v) is 6.05. The summed E-state index contributed by atoms with van der Waals surface area (Å²) in [5.74, 6) is -0.668. The first-order valence-electron chi connectivity index (χ1n) is 7.72. The molecule has 0 atom stereocenters. The number of likely N-dealkylation sites (N-methyl/N-ethyl adjacent to an activating group) is 2. The van der Waals surface area contributed by atoms with E-state index in [4.69, 9.17) is 0 Å². The molecule has 7 nitrogen and oxygen atoms in total. The maximum absolute atomic E-state index is 12.1. The van der Waals surface area contributed by atoms with Gasteiger partial charge in [-0.15, -0.1) is 0 Å². The average Bonchev–Trinajstić information content (AvgIpc) is 2.48. The number of hydrogen-bond donors (Lipinski definition) is 2. The van der Waals surface area contributed by atoms with E-state index in [2.05, 4.69) is 10.6 Å². The number of nitrogens with one attached hydrogen (secondary N) is 2. The predicted molar refractivity (Wildman–Crippen MR) is 93.7 cm³/mol. The fraction of sp³-hybridized carbons (Fsp3) is 0.471. The predicted octanol–water partition coefficient (Wildman–Crippen LogP) is 0.378. The van der Waals surface area contributed by atoms with Crippen LogP contribution in [0, 0.1) is 13.8 Å². The Kier molecular flexibility index (Phi) is 7.38. The molecule has 3 amide bonds. The number of anilines is 1. The van der Waals surface area contributed by atoms with Gasteiger partial charge in [-0.05, 0) is 32.0 Å². The van der Waals surface area contributed by atoms with Crippen molar-refractivity contribution in [3.8, 4) is 0 Å². The molecule has 7 heteroatoms. The summed E-state index contributed by atoms with van der Waals surface area (Å²) in [6.45, 7) is 3.95. The molecule has 2 N–H and O–H groups in total. The molecule has 1 aromatic rings. The minimum absolute atomic E-state index is 0.0425. The molecule has 0 aliphatic carbocycles. The third kappa shape index (κ3) is 6.37. The summed E-state index contributed by atoms with van der Waals surface area (Å²) in [5, 5.41) is 5.41. The summed E-state index contributed by atoms with van der Waals surface area (Å²) >= 11 is 0. The Hall–Kier alpha value is -2.41. The van der Waals surface area contributed by atoms with Crippen LogP contribution in [-0.4, -0.2) is 68.3 Å². The minimum atomic E-state index is -0.299. The lowest BCUT2D eigenvalue weighted by molar-refractivity contribution is -0.131. The number of hydrogen-bond acceptors (Lipinski definition) is 4. The standard InChI is InChI=1S/C17H26N4O3/c1-12-7-6-8-13(2)17(12)19-15(23)11-21(5)10-14(22)18-9-16(24)20(3)4/h6-8H,9-11H2,1-5H3,(H,18,22)(H,19,23). The number of amides is 3. The van der Waals surface area contributed by atoms with Crippen LogP contribution < -0.4 is 10.6 Å². The van der Waals surface area contributed by atoms with E-state index in [1.54, 1.807) is 26.0 Å². The first-order chi connectivity index (χ1) is 11.2. The SMILES string of the molecule is Cc1cccc(C)c1NC(=O)CN(C)CC(=O)NCC(=O)N(C)C. The van der Waals surface area contributed by atoms with E-state index in [9.17, 15) is 14.4 Å². The van der Waals surface area contributed by atoms with E-state index in [1.165, 1.54) is 4.90 Å². The van der Waals surface area contributed by atoms with E-state index in [0.29, 0.717) is 0 Å². The van der Waals surface area contributed by atoms with Crippen LogP contribution in [0.2, 0.25) is 0 Å². The fourth-order valence-corrected chi connectivity index (χ4v) is 2.12. The van der Waals surface area contributed by atoms with E-state index in [0.717, 1.165) is 16.8 Å². The summed E-state index contributed by atoms with van der Waals surface area (Å²) in [7, 11) is 4.93. The van der Waals surface area contributed by atoms with Crippen LogP contribution in [0.3, 0.4) is 0 Å². The fourth-order valence-electron chi connectivity index (χ4n) is 2.12. The minimum Gasteiger partial charge on any atom is -0.347 e. The summed E-state index contributed by atoms with van der Waals surface area (Å²) in [4.78, 5) is 38.3. The number of nitrogens with zero attached hydrogens (tertiary/aromatic N) is 2. The maximum atomic E-state index is 12.1. The van der Waals surface area contributed by atoms with Crippen LogP contribution in [0.4, 0.5) is 5.69 Å². The van der Waals surface area contributed by atoms with Crippen molar-refractivity contribution in [3.63, 3.8) is 0 Å². The van der Waals surface area contributed by atoms with Crippen LogP contribution in [0.15, 0.2) is 18.2 Å². The monoisotopic (exact) mass is 334 g/mol. The molecule has 0 radical (unpaired) electrons. The largest absolute Gasteiger partial charge is 0.347 e. The highest BCUT2D eigenvalue weighted by Crippen LogP contribution is 2.19. The van der Waals surface area contributed by atoms with Gasteiger partial charge in [-0.25, -0.2) is 0 Å². The molecule has 0 spiro atoms. The Morgan fingerprint density at radius 2 is 1.50 bits per heavy atom. The second-order valence-electron chi connectivity index (χ2n) is 6.05. The highest BCUT2D eigenvalue weighted by molar-refractivity contribution is 5.94. The Bertz CT molecular complexity index is 594. The van der Waals surface area contributed by atoms with Gasteiger partial charge in [0.05, 0.1) is 19.6 Å². The van der Waals surface area contributed by atoms with Gasteiger partial charge in [0, 0.05) is 19.8 Å². The number of aryl methyl sites for hydroxylation is 2. The highest BCUT2D eigenvalue weighted by Gasteiger charge is 2.13. The lowest BCUT2D eigenvalue weighted by Crippen LogP contribution is -2.42. The molecule has 0 aliphatic heterocycles.